The van der Waals surface area contributed by atoms with Gasteiger partial charge in [-0.15, -0.1) is 5.59 Å². The zero-order valence-corrected chi connectivity index (χ0v) is 5.02. The molecule has 0 bridgehead atoms. The molecular weight excluding hydrogens is 108 g/mol. The lowest BCUT2D eigenvalue weighted by molar-refractivity contribution is -0.125. The zero-order valence-electron chi connectivity index (χ0n) is 5.02. The van der Waals surface area contributed by atoms with Gasteiger partial charge in [-0.2, -0.15) is 0 Å². The van der Waals surface area contributed by atoms with Crippen molar-refractivity contribution in [2.75, 3.05) is 7.11 Å². The van der Waals surface area contributed by atoms with Crippen molar-refractivity contribution in [2.45, 2.75) is 13.3 Å². The van der Waals surface area contributed by atoms with E-state index in [0.717, 1.165) is 0 Å². The summed E-state index contributed by atoms with van der Waals surface area (Å²) in [7, 11) is 1.43. The van der Waals surface area contributed by atoms with Gasteiger partial charge in [0.1, 0.15) is 0 Å². The second kappa shape index (κ2) is 4.55. The molecule has 48 valence electrons. The Morgan fingerprint density at radius 3 is 2.75 bits per heavy atom. The van der Waals surface area contributed by atoms with Crippen LogP contribution in [0.5, 0.6) is 0 Å². The van der Waals surface area contributed by atoms with Gasteiger partial charge < -0.3 is 0 Å². The van der Waals surface area contributed by atoms with Crippen LogP contribution >= 0.6 is 0 Å². The molecule has 0 aromatic rings. The molecule has 0 aliphatic heterocycles. The fourth-order valence-corrected chi connectivity index (χ4v) is 0.196. The molecule has 4 heteroatoms. The monoisotopic (exact) mass is 118 g/mol. The molecule has 0 aromatic carbocycles. The predicted molar refractivity (Wildman–Crippen MR) is 28.6 cm³/mol. The molecule has 0 aliphatic carbocycles. The molecule has 0 fully saturated rings. The first-order valence-corrected chi connectivity index (χ1v) is 2.38. The van der Waals surface area contributed by atoms with Crippen LogP contribution in [0.4, 0.5) is 0 Å². The highest BCUT2D eigenvalue weighted by Gasteiger charge is 1.90. The maximum absolute atomic E-state index is 10.3. The second-order valence-electron chi connectivity index (χ2n) is 1.21. The van der Waals surface area contributed by atoms with Crippen molar-refractivity contribution in [1.29, 1.82) is 0 Å². The van der Waals surface area contributed by atoms with Gasteiger partial charge in [0, 0.05) is 6.42 Å². The molecule has 1 amide bonds. The third-order valence-corrected chi connectivity index (χ3v) is 0.614. The Morgan fingerprint density at radius 1 is 1.75 bits per heavy atom. The maximum Gasteiger partial charge on any atom is 0.235 e. The topological polar surface area (TPSA) is 50.4 Å². The van der Waals surface area contributed by atoms with Crippen LogP contribution in [0, 0.1) is 0 Å². The lowest BCUT2D eigenvalue weighted by Gasteiger charge is -1.99. The summed E-state index contributed by atoms with van der Waals surface area (Å²) in [4.78, 5) is 14.6. The Balaban J connectivity index is 2.99. The van der Waals surface area contributed by atoms with Crippen LogP contribution in [0.25, 0.3) is 0 Å². The number of hydrogen-bond donors (Lipinski definition) is 2. The summed E-state index contributed by atoms with van der Waals surface area (Å²) in [5.74, 6) is -0.0909. The summed E-state index contributed by atoms with van der Waals surface area (Å²) in [5, 5.41) is 0. The number of hydrogen-bond acceptors (Lipinski definition) is 3. The molecule has 2 N–H and O–H groups in total. The van der Waals surface area contributed by atoms with Gasteiger partial charge >= 0.3 is 0 Å². The van der Waals surface area contributed by atoms with E-state index >= 15 is 0 Å². The van der Waals surface area contributed by atoms with E-state index in [1.165, 1.54) is 7.11 Å². The van der Waals surface area contributed by atoms with Crippen LogP contribution in [-0.2, 0) is 9.63 Å². The van der Waals surface area contributed by atoms with Gasteiger partial charge in [0.05, 0.1) is 7.11 Å². The highest BCUT2D eigenvalue weighted by molar-refractivity contribution is 5.74. The van der Waals surface area contributed by atoms with E-state index in [4.69, 9.17) is 0 Å². The summed E-state index contributed by atoms with van der Waals surface area (Å²) in [6.45, 7) is 1.76. The number of nitrogens with one attached hydrogen (secondary N) is 2. The maximum atomic E-state index is 10.3. The normalized spacial score (nSPS) is 8.75. The molecule has 0 heterocycles. The standard InChI is InChI=1S/C4H10N2O2/c1-3-4(7)5-6-8-2/h6H,3H2,1-2H3,(H,5,7). The molecule has 0 spiro atoms. The number of rotatable bonds is 3. The summed E-state index contributed by atoms with van der Waals surface area (Å²) in [6, 6.07) is 0. The highest BCUT2D eigenvalue weighted by Crippen LogP contribution is 1.69. The molecule has 8 heavy (non-hydrogen) atoms. The van der Waals surface area contributed by atoms with E-state index in [0.29, 0.717) is 6.42 Å². The van der Waals surface area contributed by atoms with Gasteiger partial charge in [-0.05, 0) is 0 Å². The van der Waals surface area contributed by atoms with Crippen LogP contribution in [0.2, 0.25) is 0 Å². The molecule has 4 nitrogen and oxygen atoms in total. The van der Waals surface area contributed by atoms with Crippen LogP contribution in [-0.4, -0.2) is 13.0 Å². The van der Waals surface area contributed by atoms with Gasteiger partial charge in [0.2, 0.25) is 5.91 Å². The lowest BCUT2D eigenvalue weighted by Crippen LogP contribution is -2.35. The third kappa shape index (κ3) is 3.58. The van der Waals surface area contributed by atoms with Crippen LogP contribution in [0.1, 0.15) is 13.3 Å². The molecule has 0 rings (SSSR count). The average Bonchev–Trinajstić information content (AvgIpc) is 1.83. The van der Waals surface area contributed by atoms with Gasteiger partial charge in [0.25, 0.3) is 0 Å². The van der Waals surface area contributed by atoms with E-state index in [9.17, 15) is 4.79 Å². The van der Waals surface area contributed by atoms with Gasteiger partial charge in [-0.1, -0.05) is 6.92 Å². The fraction of sp³-hybridized carbons (Fsp3) is 0.750. The quantitative estimate of drug-likeness (QED) is 0.495. The lowest BCUT2D eigenvalue weighted by atomic mass is 10.5. The summed E-state index contributed by atoms with van der Waals surface area (Å²) >= 11 is 0. The highest BCUT2D eigenvalue weighted by atomic mass is 16.7. The Bertz CT molecular complexity index is 74.4. The summed E-state index contributed by atoms with van der Waals surface area (Å²) in [6.07, 6.45) is 0.455. The summed E-state index contributed by atoms with van der Waals surface area (Å²) in [5.41, 5.74) is 4.47. The second-order valence-corrected chi connectivity index (χ2v) is 1.21. The van der Waals surface area contributed by atoms with Crippen molar-refractivity contribution in [2.24, 2.45) is 0 Å². The molecular formula is C4H10N2O2. The minimum atomic E-state index is -0.0909. The van der Waals surface area contributed by atoms with E-state index in [1.807, 2.05) is 0 Å². The van der Waals surface area contributed by atoms with Crippen LogP contribution in [0.15, 0.2) is 0 Å². The van der Waals surface area contributed by atoms with Gasteiger partial charge in [0.15, 0.2) is 0 Å². The SMILES string of the molecule is CCC(=O)NNOC. The Kier molecular flexibility index (Phi) is 4.20. The van der Waals surface area contributed by atoms with E-state index in [2.05, 4.69) is 15.9 Å². The molecule has 0 aromatic heterocycles. The number of hydrazine groups is 1. The van der Waals surface area contributed by atoms with Crippen LogP contribution in [0.3, 0.4) is 0 Å². The largest absolute Gasteiger partial charge is 0.286 e. The molecule has 0 unspecified atom stereocenters. The third-order valence-electron chi connectivity index (χ3n) is 0.614. The van der Waals surface area contributed by atoms with Gasteiger partial charge in [-0.25, -0.2) is 0 Å². The van der Waals surface area contributed by atoms with E-state index in [1.54, 1.807) is 6.92 Å². The first-order valence-electron chi connectivity index (χ1n) is 2.38. The van der Waals surface area contributed by atoms with Crippen molar-refractivity contribution in [3.8, 4) is 0 Å². The van der Waals surface area contributed by atoms with E-state index < -0.39 is 0 Å². The fourth-order valence-electron chi connectivity index (χ4n) is 0.196. The number of carbonyl (C=O) groups is 1. The number of amides is 1. The Hall–Kier alpha value is -0.610. The van der Waals surface area contributed by atoms with Gasteiger partial charge in [-0.3, -0.25) is 15.1 Å². The van der Waals surface area contributed by atoms with Crippen molar-refractivity contribution >= 4 is 5.91 Å². The molecule has 0 radical (unpaired) electrons. The van der Waals surface area contributed by atoms with Crippen molar-refractivity contribution in [3.63, 3.8) is 0 Å². The Morgan fingerprint density at radius 2 is 2.38 bits per heavy atom. The molecule has 0 atom stereocenters. The average molecular weight is 118 g/mol. The summed E-state index contributed by atoms with van der Waals surface area (Å²) < 4.78 is 0. The Labute approximate surface area is 48.1 Å². The predicted octanol–water partition coefficient (Wildman–Crippen LogP) is -0.421. The van der Waals surface area contributed by atoms with Crippen molar-refractivity contribution in [3.05, 3.63) is 0 Å². The first kappa shape index (κ1) is 7.39. The number of carbonyl (C=O) groups excluding carboxylic acids is 1. The van der Waals surface area contributed by atoms with Crippen molar-refractivity contribution < 1.29 is 9.63 Å². The molecule has 0 saturated carbocycles. The minimum absolute atomic E-state index is 0.0909. The van der Waals surface area contributed by atoms with Crippen LogP contribution < -0.4 is 11.0 Å². The smallest absolute Gasteiger partial charge is 0.235 e. The molecule has 0 aliphatic rings. The first-order chi connectivity index (χ1) is 3.81. The van der Waals surface area contributed by atoms with Crippen molar-refractivity contribution in [1.82, 2.24) is 11.0 Å². The molecule has 0 saturated heterocycles. The zero-order chi connectivity index (χ0) is 6.41. The minimum Gasteiger partial charge on any atom is -0.286 e. The van der Waals surface area contributed by atoms with E-state index in [-0.39, 0.29) is 5.91 Å².